The van der Waals surface area contributed by atoms with Crippen LogP contribution in [0.3, 0.4) is 0 Å². The summed E-state index contributed by atoms with van der Waals surface area (Å²) in [6, 6.07) is 1.91. The Balaban J connectivity index is 2.09. The largest absolute Gasteiger partial charge is 0.433 e. The number of alkyl halides is 3. The zero-order valence-electron chi connectivity index (χ0n) is 10.5. The Labute approximate surface area is 112 Å². The van der Waals surface area contributed by atoms with Crippen LogP contribution in [0.15, 0.2) is 30.7 Å². The van der Waals surface area contributed by atoms with Gasteiger partial charge in [0, 0.05) is 31.5 Å². The van der Waals surface area contributed by atoms with Gasteiger partial charge in [0.2, 0.25) is 0 Å². The molecule has 20 heavy (non-hydrogen) atoms. The third-order valence-corrected chi connectivity index (χ3v) is 2.62. The zero-order valence-corrected chi connectivity index (χ0v) is 10.5. The smallest absolute Gasteiger partial charge is 0.337 e. The molecular formula is C12H11F3N4O. The summed E-state index contributed by atoms with van der Waals surface area (Å²) in [5.41, 5.74) is -0.128. The van der Waals surface area contributed by atoms with Gasteiger partial charge in [0.25, 0.3) is 5.91 Å². The van der Waals surface area contributed by atoms with Gasteiger partial charge in [-0.25, -0.2) is 0 Å². The van der Waals surface area contributed by atoms with E-state index in [-0.39, 0.29) is 5.56 Å². The molecule has 0 radical (unpaired) electrons. The number of carbonyl (C=O) groups is 1. The third kappa shape index (κ3) is 3.14. The van der Waals surface area contributed by atoms with Crippen molar-refractivity contribution in [2.24, 2.45) is 0 Å². The minimum atomic E-state index is -4.51. The van der Waals surface area contributed by atoms with E-state index in [2.05, 4.69) is 15.2 Å². The monoisotopic (exact) mass is 284 g/mol. The van der Waals surface area contributed by atoms with E-state index in [1.165, 1.54) is 4.90 Å². The number of carbonyl (C=O) groups excluding carboxylic acids is 1. The van der Waals surface area contributed by atoms with Crippen LogP contribution in [0.4, 0.5) is 13.2 Å². The Bertz CT molecular complexity index is 578. The van der Waals surface area contributed by atoms with Gasteiger partial charge in [0.1, 0.15) is 5.69 Å². The summed E-state index contributed by atoms with van der Waals surface area (Å²) in [7, 11) is 1.55. The number of nitrogens with one attached hydrogen (secondary N) is 1. The number of aromatic amines is 1. The van der Waals surface area contributed by atoms with E-state index in [1.807, 2.05) is 0 Å². The summed E-state index contributed by atoms with van der Waals surface area (Å²) >= 11 is 0. The molecule has 2 aromatic rings. The average Bonchev–Trinajstić information content (AvgIpc) is 2.90. The van der Waals surface area contributed by atoms with Crippen LogP contribution in [0.2, 0.25) is 0 Å². The van der Waals surface area contributed by atoms with Gasteiger partial charge in [-0.15, -0.1) is 0 Å². The maximum Gasteiger partial charge on any atom is 0.433 e. The SMILES string of the molecule is CN(Cc1cn[nH]c1)C(=O)c1ccc(C(F)(F)F)nc1. The zero-order chi connectivity index (χ0) is 14.8. The molecular weight excluding hydrogens is 273 g/mol. The van der Waals surface area contributed by atoms with Crippen LogP contribution in [-0.4, -0.2) is 33.0 Å². The van der Waals surface area contributed by atoms with Gasteiger partial charge in [-0.05, 0) is 12.1 Å². The second-order valence-corrected chi connectivity index (χ2v) is 4.20. The molecule has 106 valence electrons. The molecule has 8 heteroatoms. The molecule has 0 aromatic carbocycles. The number of halogens is 3. The number of aromatic nitrogens is 3. The Morgan fingerprint density at radius 3 is 2.60 bits per heavy atom. The molecule has 0 saturated carbocycles. The lowest BCUT2D eigenvalue weighted by Gasteiger charge is -2.16. The first-order chi connectivity index (χ1) is 9.38. The fraction of sp³-hybridized carbons (Fsp3) is 0.250. The van der Waals surface area contributed by atoms with Crippen molar-refractivity contribution in [2.45, 2.75) is 12.7 Å². The van der Waals surface area contributed by atoms with Crippen LogP contribution < -0.4 is 0 Å². The maximum atomic E-state index is 12.4. The lowest BCUT2D eigenvalue weighted by atomic mass is 10.2. The second-order valence-electron chi connectivity index (χ2n) is 4.20. The number of nitrogens with zero attached hydrogens (tertiary/aromatic N) is 3. The van der Waals surface area contributed by atoms with Crippen LogP contribution in [0.5, 0.6) is 0 Å². The van der Waals surface area contributed by atoms with Gasteiger partial charge < -0.3 is 4.90 Å². The normalized spacial score (nSPS) is 11.4. The molecule has 1 amide bonds. The summed E-state index contributed by atoms with van der Waals surface area (Å²) in [6.45, 7) is 0.302. The van der Waals surface area contributed by atoms with E-state index in [0.29, 0.717) is 6.54 Å². The van der Waals surface area contributed by atoms with Gasteiger partial charge in [0.15, 0.2) is 0 Å². The highest BCUT2D eigenvalue weighted by molar-refractivity contribution is 5.93. The summed E-state index contributed by atoms with van der Waals surface area (Å²) < 4.78 is 37.1. The summed E-state index contributed by atoms with van der Waals surface area (Å²) in [4.78, 5) is 16.6. The van der Waals surface area contributed by atoms with Gasteiger partial charge in [-0.3, -0.25) is 14.9 Å². The lowest BCUT2D eigenvalue weighted by molar-refractivity contribution is -0.141. The third-order valence-electron chi connectivity index (χ3n) is 2.62. The highest BCUT2D eigenvalue weighted by atomic mass is 19.4. The lowest BCUT2D eigenvalue weighted by Crippen LogP contribution is -2.26. The highest BCUT2D eigenvalue weighted by Crippen LogP contribution is 2.27. The molecule has 2 rings (SSSR count). The summed E-state index contributed by atoms with van der Waals surface area (Å²) in [5.74, 6) is -0.410. The summed E-state index contributed by atoms with van der Waals surface area (Å²) in [5, 5.41) is 6.36. The van der Waals surface area contributed by atoms with Gasteiger partial charge in [-0.1, -0.05) is 0 Å². The molecule has 0 bridgehead atoms. The quantitative estimate of drug-likeness (QED) is 0.938. The molecule has 0 aliphatic carbocycles. The van der Waals surface area contributed by atoms with Gasteiger partial charge in [0.05, 0.1) is 11.8 Å². The topological polar surface area (TPSA) is 61.9 Å². The van der Waals surface area contributed by atoms with Crippen molar-refractivity contribution in [3.8, 4) is 0 Å². The van der Waals surface area contributed by atoms with Crippen LogP contribution in [-0.2, 0) is 12.7 Å². The van der Waals surface area contributed by atoms with E-state index in [1.54, 1.807) is 19.4 Å². The van der Waals surface area contributed by atoms with Crippen LogP contribution >= 0.6 is 0 Å². The summed E-state index contributed by atoms with van der Waals surface area (Å²) in [6.07, 6.45) is -0.384. The predicted octanol–water partition coefficient (Wildman–Crippen LogP) is 2.10. The molecule has 2 heterocycles. The fourth-order valence-corrected chi connectivity index (χ4v) is 1.62. The molecule has 1 N–H and O–H groups in total. The van der Waals surface area contributed by atoms with E-state index < -0.39 is 17.8 Å². The first kappa shape index (κ1) is 14.0. The number of hydrogen-bond donors (Lipinski definition) is 1. The van der Waals surface area contributed by atoms with Crippen LogP contribution in [0.25, 0.3) is 0 Å². The Morgan fingerprint density at radius 2 is 2.10 bits per heavy atom. The van der Waals surface area contributed by atoms with Crippen molar-refractivity contribution >= 4 is 5.91 Å². The number of pyridine rings is 1. The van der Waals surface area contributed by atoms with Crippen molar-refractivity contribution in [3.63, 3.8) is 0 Å². The molecule has 0 saturated heterocycles. The maximum absolute atomic E-state index is 12.4. The standard InChI is InChI=1S/C12H11F3N4O/c1-19(7-8-4-17-18-5-8)11(20)9-2-3-10(16-6-9)12(13,14)15/h2-6H,7H2,1H3,(H,17,18). The molecule has 0 aliphatic heterocycles. The number of hydrogen-bond acceptors (Lipinski definition) is 3. The van der Waals surface area contributed by atoms with Crippen molar-refractivity contribution in [1.82, 2.24) is 20.1 Å². The van der Waals surface area contributed by atoms with E-state index in [4.69, 9.17) is 0 Å². The van der Waals surface area contributed by atoms with Crippen LogP contribution in [0, 0.1) is 0 Å². The molecule has 0 fully saturated rings. The molecule has 0 atom stereocenters. The van der Waals surface area contributed by atoms with Crippen molar-refractivity contribution in [3.05, 3.63) is 47.5 Å². The Hall–Kier alpha value is -2.38. The number of H-pyrrole nitrogens is 1. The molecule has 5 nitrogen and oxygen atoms in total. The Kier molecular flexibility index (Phi) is 3.73. The predicted molar refractivity (Wildman–Crippen MR) is 63.6 cm³/mol. The van der Waals surface area contributed by atoms with Gasteiger partial charge >= 0.3 is 6.18 Å². The second kappa shape index (κ2) is 5.32. The van der Waals surface area contributed by atoms with E-state index in [9.17, 15) is 18.0 Å². The molecule has 0 aliphatic rings. The van der Waals surface area contributed by atoms with Gasteiger partial charge in [-0.2, -0.15) is 18.3 Å². The van der Waals surface area contributed by atoms with Crippen LogP contribution in [0.1, 0.15) is 21.6 Å². The van der Waals surface area contributed by atoms with Crippen molar-refractivity contribution < 1.29 is 18.0 Å². The first-order valence-corrected chi connectivity index (χ1v) is 5.64. The van der Waals surface area contributed by atoms with E-state index >= 15 is 0 Å². The highest BCUT2D eigenvalue weighted by Gasteiger charge is 2.32. The Morgan fingerprint density at radius 1 is 1.35 bits per heavy atom. The first-order valence-electron chi connectivity index (χ1n) is 5.64. The minimum absolute atomic E-state index is 0.101. The minimum Gasteiger partial charge on any atom is -0.337 e. The number of amides is 1. The molecule has 0 spiro atoms. The molecule has 2 aromatic heterocycles. The van der Waals surface area contributed by atoms with E-state index in [0.717, 1.165) is 23.9 Å². The fourth-order valence-electron chi connectivity index (χ4n) is 1.62. The van der Waals surface area contributed by atoms with Crippen molar-refractivity contribution in [1.29, 1.82) is 0 Å². The van der Waals surface area contributed by atoms with Crippen molar-refractivity contribution in [2.75, 3.05) is 7.05 Å². The molecule has 0 unspecified atom stereocenters. The number of rotatable bonds is 3. The average molecular weight is 284 g/mol.